The van der Waals surface area contributed by atoms with Crippen LogP contribution in [0.15, 0.2) is 65.1 Å². The molecule has 0 radical (unpaired) electrons. The van der Waals surface area contributed by atoms with Crippen molar-refractivity contribution in [2.45, 2.75) is 58.0 Å². The molecule has 0 amide bonds. The third-order valence-corrected chi connectivity index (χ3v) is 8.07. The minimum atomic E-state index is -4.01. The van der Waals surface area contributed by atoms with Crippen molar-refractivity contribution in [2.75, 3.05) is 0 Å². The number of benzene rings is 2. The zero-order chi connectivity index (χ0) is 23.8. The highest BCUT2D eigenvalue weighted by Crippen LogP contribution is 2.45. The fourth-order valence-electron chi connectivity index (χ4n) is 4.58. The van der Waals surface area contributed by atoms with Gasteiger partial charge in [0.2, 0.25) is 10.0 Å². The van der Waals surface area contributed by atoms with Crippen molar-refractivity contribution in [1.82, 2.24) is 4.31 Å². The molecule has 0 saturated carbocycles. The van der Waals surface area contributed by atoms with E-state index in [0.717, 1.165) is 6.42 Å². The lowest BCUT2D eigenvalue weighted by Crippen LogP contribution is -2.43. The summed E-state index contributed by atoms with van der Waals surface area (Å²) in [6.45, 7) is 10.0. The quantitative estimate of drug-likeness (QED) is 0.569. The Morgan fingerprint density at radius 2 is 1.72 bits per heavy atom. The van der Waals surface area contributed by atoms with E-state index in [0.29, 0.717) is 16.1 Å². The molecular formula is C25H30ClNO4S. The Kier molecular flexibility index (Phi) is 6.89. The molecule has 1 N–H and O–H groups in total. The summed E-state index contributed by atoms with van der Waals surface area (Å²) in [4.78, 5) is 12.5. The summed E-state index contributed by atoms with van der Waals surface area (Å²) in [6.07, 6.45) is 2.35. The van der Waals surface area contributed by atoms with Crippen LogP contribution in [0.1, 0.15) is 51.3 Å². The summed E-state index contributed by atoms with van der Waals surface area (Å²) in [5, 5.41) is 10.5. The van der Waals surface area contributed by atoms with Gasteiger partial charge in [0.05, 0.1) is 16.5 Å². The fourth-order valence-corrected chi connectivity index (χ4v) is 6.76. The Morgan fingerprint density at radius 3 is 2.25 bits per heavy atom. The van der Waals surface area contributed by atoms with E-state index in [4.69, 9.17) is 11.6 Å². The van der Waals surface area contributed by atoms with E-state index in [2.05, 4.69) is 20.8 Å². The zero-order valence-electron chi connectivity index (χ0n) is 19.0. The predicted molar refractivity (Wildman–Crippen MR) is 127 cm³/mol. The molecule has 3 rings (SSSR count). The Labute approximate surface area is 195 Å². The summed E-state index contributed by atoms with van der Waals surface area (Å²) in [6, 6.07) is 12.0. The molecule has 1 aliphatic rings. The molecule has 1 unspecified atom stereocenters. The van der Waals surface area contributed by atoms with Crippen LogP contribution >= 0.6 is 11.6 Å². The van der Waals surface area contributed by atoms with Crippen molar-refractivity contribution in [2.24, 2.45) is 11.3 Å². The van der Waals surface area contributed by atoms with Crippen molar-refractivity contribution in [3.05, 3.63) is 76.3 Å². The first kappa shape index (κ1) is 24.5. The standard InChI is InChI=1S/C25H30ClNO4S/c1-16-8-6-7-9-22(16)32(30,31)27-21(17(2)15-25(3,4)5)14-20(24(28)29)23(27)18-10-12-19(26)13-11-18/h6-14,17,21,23H,15H2,1-5H3,(H,28,29)/t17-,21?,23+/m1/s1. The molecule has 172 valence electrons. The molecule has 0 spiro atoms. The predicted octanol–water partition coefficient (Wildman–Crippen LogP) is 5.85. The Morgan fingerprint density at radius 1 is 1.12 bits per heavy atom. The van der Waals surface area contributed by atoms with Crippen LogP contribution in [-0.4, -0.2) is 29.8 Å². The molecule has 2 aromatic carbocycles. The topological polar surface area (TPSA) is 74.7 Å². The van der Waals surface area contributed by atoms with Crippen LogP contribution in [0.4, 0.5) is 0 Å². The first-order chi connectivity index (χ1) is 14.8. The highest BCUT2D eigenvalue weighted by molar-refractivity contribution is 7.89. The van der Waals surface area contributed by atoms with E-state index in [9.17, 15) is 18.3 Å². The van der Waals surface area contributed by atoms with Crippen molar-refractivity contribution >= 4 is 27.6 Å². The van der Waals surface area contributed by atoms with Gasteiger partial charge in [-0.1, -0.05) is 75.7 Å². The molecule has 32 heavy (non-hydrogen) atoms. The van der Waals surface area contributed by atoms with Gasteiger partial charge in [0.1, 0.15) is 0 Å². The second-order valence-corrected chi connectivity index (χ2v) is 12.0. The number of sulfonamides is 1. The summed E-state index contributed by atoms with van der Waals surface area (Å²) >= 11 is 6.05. The van der Waals surface area contributed by atoms with E-state index in [1.54, 1.807) is 61.5 Å². The maximum Gasteiger partial charge on any atom is 0.333 e. The van der Waals surface area contributed by atoms with Crippen LogP contribution in [0.5, 0.6) is 0 Å². The van der Waals surface area contributed by atoms with E-state index in [-0.39, 0.29) is 21.8 Å². The third kappa shape index (κ3) is 4.92. The molecule has 0 bridgehead atoms. The zero-order valence-corrected chi connectivity index (χ0v) is 20.6. The molecule has 0 fully saturated rings. The first-order valence-corrected chi connectivity index (χ1v) is 12.4. The summed E-state index contributed by atoms with van der Waals surface area (Å²) in [5.41, 5.74) is 1.21. The molecule has 0 saturated heterocycles. The lowest BCUT2D eigenvalue weighted by molar-refractivity contribution is -0.133. The summed E-state index contributed by atoms with van der Waals surface area (Å²) in [5.74, 6) is -1.22. The normalized spacial score (nSPS) is 20.8. The van der Waals surface area contributed by atoms with Gasteiger partial charge in [-0.05, 0) is 54.0 Å². The molecule has 7 heteroatoms. The molecule has 2 aromatic rings. The molecule has 0 aliphatic carbocycles. The Hall–Kier alpha value is -2.15. The summed E-state index contributed by atoms with van der Waals surface area (Å²) in [7, 11) is -4.01. The van der Waals surface area contributed by atoms with Crippen LogP contribution in [0.25, 0.3) is 0 Å². The van der Waals surface area contributed by atoms with Crippen molar-refractivity contribution in [3.63, 3.8) is 0 Å². The van der Waals surface area contributed by atoms with Gasteiger partial charge in [-0.25, -0.2) is 13.2 Å². The number of nitrogens with zero attached hydrogens (tertiary/aromatic N) is 1. The number of halogens is 1. The lowest BCUT2D eigenvalue weighted by Gasteiger charge is -2.36. The largest absolute Gasteiger partial charge is 0.478 e. The minimum absolute atomic E-state index is 0.0485. The first-order valence-electron chi connectivity index (χ1n) is 10.6. The second-order valence-electron chi connectivity index (χ2n) is 9.71. The Balaban J connectivity index is 2.23. The number of carboxylic acid groups (broad SMARTS) is 1. The molecular weight excluding hydrogens is 446 g/mol. The average Bonchev–Trinajstić information content (AvgIpc) is 3.09. The Bertz CT molecular complexity index is 1130. The van der Waals surface area contributed by atoms with E-state index in [1.807, 2.05) is 6.92 Å². The second kappa shape index (κ2) is 9.00. The van der Waals surface area contributed by atoms with E-state index >= 15 is 0 Å². The number of carboxylic acids is 1. The van der Waals surface area contributed by atoms with Crippen LogP contribution in [0, 0.1) is 18.3 Å². The number of hydrogen-bond acceptors (Lipinski definition) is 3. The van der Waals surface area contributed by atoms with Crippen molar-refractivity contribution in [3.8, 4) is 0 Å². The van der Waals surface area contributed by atoms with Gasteiger partial charge < -0.3 is 5.11 Å². The van der Waals surface area contributed by atoms with Crippen LogP contribution in [0.2, 0.25) is 5.02 Å². The van der Waals surface area contributed by atoms with Crippen molar-refractivity contribution in [1.29, 1.82) is 0 Å². The van der Waals surface area contributed by atoms with Gasteiger partial charge in [-0.2, -0.15) is 4.31 Å². The van der Waals surface area contributed by atoms with Crippen molar-refractivity contribution < 1.29 is 18.3 Å². The van der Waals surface area contributed by atoms with Gasteiger partial charge in [-0.3, -0.25) is 0 Å². The van der Waals surface area contributed by atoms with E-state index < -0.39 is 28.1 Å². The van der Waals surface area contributed by atoms with Gasteiger partial charge in [0, 0.05) is 11.1 Å². The number of aryl methyl sites for hydroxylation is 1. The van der Waals surface area contributed by atoms with Gasteiger partial charge in [0.25, 0.3) is 0 Å². The minimum Gasteiger partial charge on any atom is -0.478 e. The van der Waals surface area contributed by atoms with Crippen LogP contribution < -0.4 is 0 Å². The van der Waals surface area contributed by atoms with Gasteiger partial charge in [-0.15, -0.1) is 0 Å². The number of rotatable bonds is 6. The molecule has 1 aliphatic heterocycles. The average molecular weight is 476 g/mol. The number of hydrogen-bond donors (Lipinski definition) is 1. The highest BCUT2D eigenvalue weighted by Gasteiger charge is 2.48. The smallest absolute Gasteiger partial charge is 0.333 e. The highest BCUT2D eigenvalue weighted by atomic mass is 35.5. The van der Waals surface area contributed by atoms with Gasteiger partial charge in [0.15, 0.2) is 0 Å². The molecule has 1 heterocycles. The SMILES string of the molecule is Cc1ccccc1S(=O)(=O)N1C([C@H](C)CC(C)(C)C)C=C(C(=O)O)[C@@H]1c1ccc(Cl)cc1. The number of aliphatic carboxylic acids is 1. The number of carbonyl (C=O) groups is 1. The fraction of sp³-hybridized carbons (Fsp3) is 0.400. The lowest BCUT2D eigenvalue weighted by atomic mass is 9.82. The van der Waals surface area contributed by atoms with Gasteiger partial charge >= 0.3 is 5.97 Å². The molecule has 0 aromatic heterocycles. The van der Waals surface area contributed by atoms with Crippen LogP contribution in [0.3, 0.4) is 0 Å². The van der Waals surface area contributed by atoms with Crippen LogP contribution in [-0.2, 0) is 14.8 Å². The maximum absolute atomic E-state index is 14.0. The maximum atomic E-state index is 14.0. The monoisotopic (exact) mass is 475 g/mol. The van der Waals surface area contributed by atoms with E-state index in [1.165, 1.54) is 4.31 Å². The summed E-state index contributed by atoms with van der Waals surface area (Å²) < 4.78 is 29.4. The molecule has 3 atom stereocenters. The molecule has 5 nitrogen and oxygen atoms in total. The third-order valence-electron chi connectivity index (χ3n) is 5.79.